The second-order valence-corrected chi connectivity index (χ2v) is 20.6. The van der Waals surface area contributed by atoms with Crippen molar-refractivity contribution in [3.63, 3.8) is 0 Å². The average molecular weight is 1030 g/mol. The van der Waals surface area contributed by atoms with E-state index in [4.69, 9.17) is 18.9 Å². The van der Waals surface area contributed by atoms with Gasteiger partial charge in [-0.1, -0.05) is 209 Å². The Labute approximate surface area is 433 Å². The highest BCUT2D eigenvalue weighted by Crippen LogP contribution is 2.26. The van der Waals surface area contributed by atoms with Crippen molar-refractivity contribution in [1.29, 1.82) is 0 Å². The van der Waals surface area contributed by atoms with Gasteiger partial charge in [-0.15, -0.1) is 0 Å². The largest absolute Gasteiger partial charge is 0.457 e. The summed E-state index contributed by atoms with van der Waals surface area (Å²) in [6.07, 6.45) is 53.9. The fourth-order valence-electron chi connectivity index (χ4n) is 8.53. The molecule has 1 aliphatic rings. The van der Waals surface area contributed by atoms with E-state index in [1.807, 2.05) is 0 Å². The maximum atomic E-state index is 12.9. The normalized spacial score (nSPS) is 19.4. The molecule has 0 amide bonds. The minimum absolute atomic E-state index is 0.0294. The van der Waals surface area contributed by atoms with Crippen LogP contribution in [-0.4, -0.2) is 97.5 Å². The molecule has 1 aliphatic heterocycles. The van der Waals surface area contributed by atoms with Crippen LogP contribution in [0.2, 0.25) is 0 Å². The van der Waals surface area contributed by atoms with E-state index in [2.05, 4.69) is 78.8 Å². The van der Waals surface area contributed by atoms with E-state index in [0.717, 1.165) is 64.2 Å². The summed E-state index contributed by atoms with van der Waals surface area (Å²) in [6.45, 7) is 3.97. The molecule has 0 radical (unpaired) electrons. The lowest BCUT2D eigenvalue weighted by molar-refractivity contribution is -0.301. The van der Waals surface area contributed by atoms with Gasteiger partial charge in [0.05, 0.1) is 19.8 Å². The Morgan fingerprint density at radius 3 is 1.37 bits per heavy atom. The number of esters is 1. The molecule has 0 aliphatic carbocycles. The number of unbranched alkanes of at least 4 members (excludes halogenated alkanes) is 27. The van der Waals surface area contributed by atoms with E-state index in [9.17, 15) is 33.1 Å². The summed E-state index contributed by atoms with van der Waals surface area (Å²) in [6, 6.07) is 0. The quantitative estimate of drug-likeness (QED) is 0.0196. The van der Waals surface area contributed by atoms with Crippen molar-refractivity contribution >= 4 is 16.4 Å². The number of ether oxygens (including phenoxy) is 4. The van der Waals surface area contributed by atoms with Crippen molar-refractivity contribution in [2.24, 2.45) is 0 Å². The Hall–Kier alpha value is -2.20. The van der Waals surface area contributed by atoms with E-state index < -0.39 is 59.8 Å². The van der Waals surface area contributed by atoms with Crippen molar-refractivity contribution in [1.82, 2.24) is 0 Å². The Balaban J connectivity index is 2.30. The smallest absolute Gasteiger partial charge is 0.397 e. The van der Waals surface area contributed by atoms with Crippen LogP contribution in [0.5, 0.6) is 0 Å². The number of rotatable bonds is 50. The summed E-state index contributed by atoms with van der Waals surface area (Å²) in [5, 5.41) is 30.8. The van der Waals surface area contributed by atoms with E-state index in [1.165, 1.54) is 148 Å². The fraction of sp³-hybridized carbons (Fsp3) is 0.810. The zero-order valence-electron chi connectivity index (χ0n) is 44.8. The molecule has 6 unspecified atom stereocenters. The molecule has 0 aromatic heterocycles. The van der Waals surface area contributed by atoms with Gasteiger partial charge in [-0.3, -0.25) is 9.35 Å². The van der Waals surface area contributed by atoms with Crippen molar-refractivity contribution in [3.05, 3.63) is 60.8 Å². The number of carbonyl (C=O) groups is 1. The van der Waals surface area contributed by atoms with Crippen LogP contribution >= 0.6 is 0 Å². The van der Waals surface area contributed by atoms with E-state index >= 15 is 0 Å². The summed E-state index contributed by atoms with van der Waals surface area (Å²) >= 11 is 0. The van der Waals surface area contributed by atoms with E-state index in [0.29, 0.717) is 13.0 Å². The van der Waals surface area contributed by atoms with Gasteiger partial charge in [0.15, 0.2) is 6.29 Å². The van der Waals surface area contributed by atoms with Crippen LogP contribution in [-0.2, 0) is 38.3 Å². The molecular formula is C58H104O12S. The van der Waals surface area contributed by atoms with Gasteiger partial charge in [0, 0.05) is 13.0 Å². The van der Waals surface area contributed by atoms with Gasteiger partial charge in [-0.25, -0.2) is 4.18 Å². The molecule has 13 heteroatoms. The van der Waals surface area contributed by atoms with Crippen LogP contribution in [0.15, 0.2) is 60.8 Å². The summed E-state index contributed by atoms with van der Waals surface area (Å²) in [4.78, 5) is 12.9. The number of allylic oxidation sites excluding steroid dienone is 10. The molecule has 71 heavy (non-hydrogen) atoms. The zero-order chi connectivity index (χ0) is 51.7. The lowest BCUT2D eigenvalue weighted by Crippen LogP contribution is -2.60. The summed E-state index contributed by atoms with van der Waals surface area (Å²) in [5.74, 6) is -0.407. The van der Waals surface area contributed by atoms with Crippen LogP contribution in [0, 0.1) is 0 Å². The SMILES string of the molecule is CCCCCC/C=C\C/C=C\CCCCCCCCCC(=O)OC(COCCCCCCCCCCCCC/C=C\C/C=C\C/C=C\CCCCCCC)COC1OC(CO)C(O)C(OS(=O)(=O)O)C1O. The molecule has 1 saturated heterocycles. The first-order valence-electron chi connectivity index (χ1n) is 28.5. The van der Waals surface area contributed by atoms with Crippen molar-refractivity contribution < 1.29 is 56.2 Å². The second-order valence-electron chi connectivity index (χ2n) is 19.5. The van der Waals surface area contributed by atoms with Gasteiger partial charge in [-0.2, -0.15) is 8.42 Å². The number of carbonyl (C=O) groups excluding carboxylic acids is 1. The summed E-state index contributed by atoms with van der Waals surface area (Å²) < 4.78 is 59.4. The standard InChI is InChI=1S/C58H104O12S/c1-3-5-7-9-11-13-15-17-19-21-23-24-25-26-27-28-29-30-32-34-36-38-40-42-44-46-48-66-50-52(51-67-58-56(62)57(70-71(63,64)65)55(61)53(49-59)69-58)68-54(60)47-45-43-41-39-37-35-33-31-22-20-18-16-14-12-10-8-6-4-2/h14-17,20-23,25-26,52-53,55-59,61-62H,3-13,18-19,24,27-51H2,1-2H3,(H,63,64,65)/b16-14-,17-15-,22-20-,23-21-,26-25-. The molecule has 0 aromatic carbocycles. The van der Waals surface area contributed by atoms with Crippen molar-refractivity contribution in [2.75, 3.05) is 26.4 Å². The minimum Gasteiger partial charge on any atom is -0.457 e. The molecule has 12 nitrogen and oxygen atoms in total. The first-order chi connectivity index (χ1) is 34.6. The highest BCUT2D eigenvalue weighted by atomic mass is 32.3. The minimum atomic E-state index is -5.07. The third kappa shape index (κ3) is 41.8. The van der Waals surface area contributed by atoms with Crippen LogP contribution in [0.3, 0.4) is 0 Å². The second kappa shape index (κ2) is 48.7. The predicted octanol–water partition coefficient (Wildman–Crippen LogP) is 14.0. The molecule has 6 atom stereocenters. The maximum Gasteiger partial charge on any atom is 0.397 e. The molecule has 1 fully saturated rings. The lowest BCUT2D eigenvalue weighted by atomic mass is 9.99. The molecule has 414 valence electrons. The molecule has 1 rings (SSSR count). The molecule has 1 heterocycles. The molecule has 0 bridgehead atoms. The molecule has 4 N–H and O–H groups in total. The lowest BCUT2D eigenvalue weighted by Gasteiger charge is -2.41. The third-order valence-electron chi connectivity index (χ3n) is 12.9. The molecule has 0 aromatic rings. The van der Waals surface area contributed by atoms with Gasteiger partial charge in [0.2, 0.25) is 0 Å². The average Bonchev–Trinajstić information content (AvgIpc) is 3.35. The van der Waals surface area contributed by atoms with Crippen molar-refractivity contribution in [2.45, 2.75) is 275 Å². The number of aliphatic hydroxyl groups excluding tert-OH is 3. The van der Waals surface area contributed by atoms with Crippen LogP contribution < -0.4 is 0 Å². The highest BCUT2D eigenvalue weighted by Gasteiger charge is 2.48. The van der Waals surface area contributed by atoms with Gasteiger partial charge >= 0.3 is 16.4 Å². The first-order valence-corrected chi connectivity index (χ1v) is 29.9. The zero-order valence-corrected chi connectivity index (χ0v) is 45.6. The van der Waals surface area contributed by atoms with Gasteiger partial charge in [0.1, 0.15) is 30.5 Å². The highest BCUT2D eigenvalue weighted by molar-refractivity contribution is 7.80. The Kier molecular flexibility index (Phi) is 45.9. The van der Waals surface area contributed by atoms with E-state index in [1.54, 1.807) is 0 Å². The van der Waals surface area contributed by atoms with E-state index in [-0.39, 0.29) is 19.6 Å². The van der Waals surface area contributed by atoms with Crippen molar-refractivity contribution in [3.8, 4) is 0 Å². The first kappa shape index (κ1) is 66.8. The third-order valence-corrected chi connectivity index (χ3v) is 13.3. The Morgan fingerprint density at radius 1 is 0.535 bits per heavy atom. The number of aliphatic hydroxyl groups is 3. The summed E-state index contributed by atoms with van der Waals surface area (Å²) in [7, 11) is -5.07. The fourth-order valence-corrected chi connectivity index (χ4v) is 9.04. The Morgan fingerprint density at radius 2 is 0.930 bits per heavy atom. The van der Waals surface area contributed by atoms with Crippen LogP contribution in [0.25, 0.3) is 0 Å². The maximum absolute atomic E-state index is 12.9. The van der Waals surface area contributed by atoms with Gasteiger partial charge < -0.3 is 34.3 Å². The topological polar surface area (TPSA) is 178 Å². The number of hydrogen-bond acceptors (Lipinski definition) is 11. The Bertz CT molecular complexity index is 1460. The van der Waals surface area contributed by atoms with Gasteiger partial charge in [0.25, 0.3) is 0 Å². The molecular weight excluding hydrogens is 921 g/mol. The predicted molar refractivity (Wildman–Crippen MR) is 289 cm³/mol. The van der Waals surface area contributed by atoms with Gasteiger partial charge in [-0.05, 0) is 83.5 Å². The molecule has 0 spiro atoms. The monoisotopic (exact) mass is 1020 g/mol. The van der Waals surface area contributed by atoms with Crippen LogP contribution in [0.4, 0.5) is 0 Å². The summed E-state index contributed by atoms with van der Waals surface area (Å²) in [5.41, 5.74) is 0. The molecule has 0 saturated carbocycles. The van der Waals surface area contributed by atoms with Crippen LogP contribution in [0.1, 0.15) is 239 Å². The number of hydrogen-bond donors (Lipinski definition) is 4.